The van der Waals surface area contributed by atoms with E-state index in [9.17, 15) is 0 Å². The number of rotatable bonds is 2. The molecular weight excluding hydrogens is 86.1 g/mol. The Hall–Kier alpha value is -0.850. The minimum atomic E-state index is 1.69. The van der Waals surface area contributed by atoms with Gasteiger partial charge in [0.25, 0.3) is 0 Å². The fraction of sp³-hybridized carbons (Fsp3) is 0.167. The third-order valence-electron chi connectivity index (χ3n) is 0.457. The van der Waals surface area contributed by atoms with E-state index >= 15 is 0 Å². The lowest BCUT2D eigenvalue weighted by atomic mass is 10.6. The van der Waals surface area contributed by atoms with E-state index in [4.69, 9.17) is 0 Å². The second kappa shape index (κ2) is 5.15. The zero-order valence-electron chi connectivity index (χ0n) is 4.46. The van der Waals surface area contributed by atoms with Crippen molar-refractivity contribution in [2.75, 3.05) is 0 Å². The highest BCUT2D eigenvalue weighted by Crippen LogP contribution is 1.71. The van der Waals surface area contributed by atoms with Crippen molar-refractivity contribution in [3.8, 4) is 0 Å². The van der Waals surface area contributed by atoms with E-state index < -0.39 is 0 Å². The third kappa shape index (κ3) is 5.15. The molecule has 0 saturated carbocycles. The van der Waals surface area contributed by atoms with Crippen molar-refractivity contribution in [3.63, 3.8) is 0 Å². The zero-order chi connectivity index (χ0) is 5.54. The van der Waals surface area contributed by atoms with Crippen LogP contribution < -0.4 is 0 Å². The van der Waals surface area contributed by atoms with Gasteiger partial charge in [-0.25, -0.2) is 0 Å². The molecule has 0 aliphatic heterocycles. The molecule has 0 amide bonds. The van der Waals surface area contributed by atoms with Crippen LogP contribution in [0.25, 0.3) is 0 Å². The van der Waals surface area contributed by atoms with Gasteiger partial charge >= 0.3 is 0 Å². The molecule has 0 aromatic heterocycles. The largest absolute Gasteiger partial charge is 0.269 e. The molecular formula is C6H9N. The smallest absolute Gasteiger partial charge is 0.0263 e. The molecule has 0 radical (unpaired) electrons. The topological polar surface area (TPSA) is 12.4 Å². The number of nitrogens with zero attached hydrogens (tertiary/aromatic N) is 1. The molecule has 0 bridgehead atoms. The number of hydrogen-bond donors (Lipinski definition) is 0. The van der Waals surface area contributed by atoms with Crippen molar-refractivity contribution in [2.45, 2.75) is 6.92 Å². The second-order valence-corrected chi connectivity index (χ2v) is 0.984. The van der Waals surface area contributed by atoms with Gasteiger partial charge in [-0.3, -0.25) is 4.99 Å². The second-order valence-electron chi connectivity index (χ2n) is 0.984. The Morgan fingerprint density at radius 2 is 2.29 bits per heavy atom. The van der Waals surface area contributed by atoms with E-state index in [1.807, 2.05) is 6.92 Å². The molecule has 0 aromatic rings. The molecule has 0 fully saturated rings. The van der Waals surface area contributed by atoms with Crippen LogP contribution in [-0.2, 0) is 0 Å². The maximum absolute atomic E-state index is 3.78. The number of aliphatic imine (C=N–C) groups is 1. The molecule has 0 atom stereocenters. The molecule has 0 saturated heterocycles. The van der Waals surface area contributed by atoms with Crippen molar-refractivity contribution in [1.82, 2.24) is 0 Å². The van der Waals surface area contributed by atoms with E-state index in [0.29, 0.717) is 0 Å². The molecule has 38 valence electrons. The summed E-state index contributed by atoms with van der Waals surface area (Å²) in [5.41, 5.74) is 0. The van der Waals surface area contributed by atoms with Gasteiger partial charge in [-0.2, -0.15) is 0 Å². The summed E-state index contributed by atoms with van der Waals surface area (Å²) in [7, 11) is 0. The number of hydrogen-bond acceptors (Lipinski definition) is 1. The summed E-state index contributed by atoms with van der Waals surface area (Å²) in [6.45, 7) is 5.34. The minimum Gasteiger partial charge on any atom is -0.269 e. The summed E-state index contributed by atoms with van der Waals surface area (Å²) in [6, 6.07) is 0. The van der Waals surface area contributed by atoms with E-state index in [0.717, 1.165) is 0 Å². The molecule has 0 spiro atoms. The fourth-order valence-electron chi connectivity index (χ4n) is 0.197. The van der Waals surface area contributed by atoms with Crippen LogP contribution in [0.1, 0.15) is 6.92 Å². The molecule has 0 N–H and O–H groups in total. The first-order valence-corrected chi connectivity index (χ1v) is 2.17. The van der Waals surface area contributed by atoms with Crippen LogP contribution in [0.3, 0.4) is 0 Å². The van der Waals surface area contributed by atoms with E-state index in [2.05, 4.69) is 11.6 Å². The van der Waals surface area contributed by atoms with Gasteiger partial charge in [0.05, 0.1) is 0 Å². The Morgan fingerprint density at radius 1 is 1.57 bits per heavy atom. The van der Waals surface area contributed by atoms with E-state index in [1.165, 1.54) is 0 Å². The van der Waals surface area contributed by atoms with Gasteiger partial charge in [-0.15, -0.1) is 0 Å². The zero-order valence-corrected chi connectivity index (χ0v) is 4.46. The van der Waals surface area contributed by atoms with Crippen molar-refractivity contribution < 1.29 is 0 Å². The molecule has 1 heteroatoms. The summed E-state index contributed by atoms with van der Waals surface area (Å²) in [5, 5.41) is 0. The van der Waals surface area contributed by atoms with Crippen LogP contribution in [0.2, 0.25) is 0 Å². The quantitative estimate of drug-likeness (QED) is 0.366. The highest BCUT2D eigenvalue weighted by Gasteiger charge is 1.51. The van der Waals surface area contributed by atoms with Gasteiger partial charge < -0.3 is 0 Å². The van der Waals surface area contributed by atoms with Crippen LogP contribution in [0.4, 0.5) is 0 Å². The first-order chi connectivity index (χ1) is 3.41. The van der Waals surface area contributed by atoms with Gasteiger partial charge in [0, 0.05) is 12.4 Å². The highest BCUT2D eigenvalue weighted by molar-refractivity contribution is 5.54. The lowest BCUT2D eigenvalue weighted by molar-refractivity contribution is 1.58. The van der Waals surface area contributed by atoms with Crippen LogP contribution in [0, 0.1) is 0 Å². The van der Waals surface area contributed by atoms with Crippen molar-refractivity contribution in [3.05, 3.63) is 24.9 Å². The molecule has 0 unspecified atom stereocenters. The fourth-order valence-corrected chi connectivity index (χ4v) is 0.197. The average molecular weight is 95.1 g/mol. The lowest BCUT2D eigenvalue weighted by Crippen LogP contribution is -1.51. The Morgan fingerprint density at radius 3 is 2.71 bits per heavy atom. The Bertz CT molecular complexity index is 90.4. The Balaban J connectivity index is 3.27. The lowest BCUT2D eigenvalue weighted by Gasteiger charge is -1.66. The Labute approximate surface area is 44.1 Å². The monoisotopic (exact) mass is 95.1 g/mol. The van der Waals surface area contributed by atoms with Gasteiger partial charge in [-0.05, 0) is 13.0 Å². The highest BCUT2D eigenvalue weighted by atomic mass is 14.6. The van der Waals surface area contributed by atoms with Gasteiger partial charge in [0.1, 0.15) is 0 Å². The first-order valence-electron chi connectivity index (χ1n) is 2.17. The summed E-state index contributed by atoms with van der Waals surface area (Å²) in [4.78, 5) is 3.78. The van der Waals surface area contributed by atoms with Crippen LogP contribution in [0.15, 0.2) is 29.9 Å². The summed E-state index contributed by atoms with van der Waals surface area (Å²) < 4.78 is 0. The van der Waals surface area contributed by atoms with E-state index in [-0.39, 0.29) is 0 Å². The summed E-state index contributed by atoms with van der Waals surface area (Å²) >= 11 is 0. The van der Waals surface area contributed by atoms with Crippen LogP contribution in [-0.4, -0.2) is 6.21 Å². The number of allylic oxidation sites excluding steroid dienone is 2. The molecule has 0 aliphatic rings. The van der Waals surface area contributed by atoms with Gasteiger partial charge in [0.2, 0.25) is 0 Å². The maximum Gasteiger partial charge on any atom is 0.0263 e. The molecule has 0 heterocycles. The predicted octanol–water partition coefficient (Wildman–Crippen LogP) is 1.78. The molecule has 0 aliphatic carbocycles. The maximum atomic E-state index is 3.78. The van der Waals surface area contributed by atoms with Crippen LogP contribution >= 0.6 is 0 Å². The molecule has 1 nitrogen and oxygen atoms in total. The first kappa shape index (κ1) is 6.15. The van der Waals surface area contributed by atoms with Gasteiger partial charge in [-0.1, -0.05) is 12.7 Å². The average Bonchev–Trinajstić information content (AvgIpc) is 1.69. The standard InChI is InChI=1S/C6H9N/c1-3-5-6-7-4-2/h3-6H,1H2,2H3/b6-5-,7-4?. The summed E-state index contributed by atoms with van der Waals surface area (Å²) in [5.74, 6) is 0. The Kier molecular flexibility index (Phi) is 4.52. The van der Waals surface area contributed by atoms with Crippen LogP contribution in [0.5, 0.6) is 0 Å². The van der Waals surface area contributed by atoms with E-state index in [1.54, 1.807) is 24.6 Å². The van der Waals surface area contributed by atoms with Crippen molar-refractivity contribution in [1.29, 1.82) is 0 Å². The molecule has 0 rings (SSSR count). The molecule has 0 aromatic carbocycles. The summed E-state index contributed by atoms with van der Waals surface area (Å²) in [6.07, 6.45) is 6.88. The van der Waals surface area contributed by atoms with Crippen molar-refractivity contribution in [2.24, 2.45) is 4.99 Å². The predicted molar refractivity (Wildman–Crippen MR) is 33.5 cm³/mol. The molecule has 7 heavy (non-hydrogen) atoms. The normalized spacial score (nSPS) is 11.0. The minimum absolute atomic E-state index is 1.69. The van der Waals surface area contributed by atoms with Crippen molar-refractivity contribution >= 4 is 6.21 Å². The SMILES string of the molecule is C=C/C=C\N=CC. The van der Waals surface area contributed by atoms with Gasteiger partial charge in [0.15, 0.2) is 0 Å². The third-order valence-corrected chi connectivity index (χ3v) is 0.457.